The van der Waals surface area contributed by atoms with Gasteiger partial charge in [-0.3, -0.25) is 9.59 Å². The van der Waals surface area contributed by atoms with Gasteiger partial charge in [0.25, 0.3) is 0 Å². The summed E-state index contributed by atoms with van der Waals surface area (Å²) >= 11 is 0. The molecule has 2 unspecified atom stereocenters. The lowest BCUT2D eigenvalue weighted by Gasteiger charge is -2.39. The van der Waals surface area contributed by atoms with Crippen LogP contribution in [0.2, 0.25) is 0 Å². The zero-order valence-electron chi connectivity index (χ0n) is 13.6. The number of ketones is 2. The maximum Gasteiger partial charge on any atom is 0.234 e. The molecule has 4 heteroatoms. The first-order valence-electron chi connectivity index (χ1n) is 8.14. The molecule has 0 spiro atoms. The second kappa shape index (κ2) is 4.54. The Kier molecular flexibility index (Phi) is 2.89. The van der Waals surface area contributed by atoms with Gasteiger partial charge >= 0.3 is 0 Å². The van der Waals surface area contributed by atoms with Crippen LogP contribution >= 0.6 is 0 Å². The van der Waals surface area contributed by atoms with E-state index in [9.17, 15) is 14.7 Å². The van der Waals surface area contributed by atoms with Crippen molar-refractivity contribution in [2.75, 3.05) is 6.61 Å². The summed E-state index contributed by atoms with van der Waals surface area (Å²) in [5.74, 6) is -0.289. The summed E-state index contributed by atoms with van der Waals surface area (Å²) in [5, 5.41) is 10.3. The molecular weight excluding hydrogens is 292 g/mol. The van der Waals surface area contributed by atoms with Gasteiger partial charge in [-0.25, -0.2) is 0 Å². The maximum absolute atomic E-state index is 12.8. The van der Waals surface area contributed by atoms with Crippen molar-refractivity contribution in [2.45, 2.75) is 45.1 Å². The fourth-order valence-corrected chi connectivity index (χ4v) is 4.16. The van der Waals surface area contributed by atoms with Crippen LogP contribution in [-0.2, 0) is 21.4 Å². The van der Waals surface area contributed by atoms with Gasteiger partial charge in [0.15, 0.2) is 0 Å². The SMILES string of the molecule is CC1COC2=C1C(=O)C(=O)c1c2ccc2c1CCC(O)C2(C)C. The monoisotopic (exact) mass is 312 g/mol. The molecule has 0 amide bonds. The number of hydrogen-bond donors (Lipinski definition) is 1. The van der Waals surface area contributed by atoms with Crippen molar-refractivity contribution in [3.8, 4) is 0 Å². The van der Waals surface area contributed by atoms with Crippen LogP contribution in [0.5, 0.6) is 0 Å². The Balaban J connectivity index is 2.00. The number of fused-ring (bicyclic) bond motifs is 4. The highest BCUT2D eigenvalue weighted by molar-refractivity contribution is 6.52. The third-order valence-corrected chi connectivity index (χ3v) is 5.65. The number of carbonyl (C=O) groups excluding carboxylic acids is 2. The van der Waals surface area contributed by atoms with Crippen LogP contribution in [0.15, 0.2) is 17.7 Å². The Bertz CT molecular complexity index is 785. The third kappa shape index (κ3) is 1.75. The lowest BCUT2D eigenvalue weighted by molar-refractivity contribution is -0.112. The average Bonchev–Trinajstić information content (AvgIpc) is 2.90. The summed E-state index contributed by atoms with van der Waals surface area (Å²) in [4.78, 5) is 25.3. The first-order chi connectivity index (χ1) is 10.8. The van der Waals surface area contributed by atoms with Gasteiger partial charge in [0.05, 0.1) is 18.3 Å². The highest BCUT2D eigenvalue weighted by atomic mass is 16.5. The number of carbonyl (C=O) groups is 2. The van der Waals surface area contributed by atoms with Crippen molar-refractivity contribution in [3.63, 3.8) is 0 Å². The largest absolute Gasteiger partial charge is 0.492 e. The lowest BCUT2D eigenvalue weighted by atomic mass is 9.67. The van der Waals surface area contributed by atoms with Gasteiger partial charge in [0.2, 0.25) is 11.6 Å². The summed E-state index contributed by atoms with van der Waals surface area (Å²) in [5.41, 5.74) is 3.22. The molecule has 0 bridgehead atoms. The second-order valence-corrected chi connectivity index (χ2v) is 7.40. The number of ether oxygens (including phenoxy) is 1. The van der Waals surface area contributed by atoms with E-state index in [1.54, 1.807) is 0 Å². The van der Waals surface area contributed by atoms with E-state index in [0.29, 0.717) is 36.3 Å². The van der Waals surface area contributed by atoms with Gasteiger partial charge in [-0.15, -0.1) is 0 Å². The van der Waals surface area contributed by atoms with Crippen LogP contribution in [0.25, 0.3) is 5.76 Å². The van der Waals surface area contributed by atoms with Gasteiger partial charge in [-0.1, -0.05) is 32.9 Å². The molecule has 1 heterocycles. The van der Waals surface area contributed by atoms with Crippen LogP contribution < -0.4 is 0 Å². The van der Waals surface area contributed by atoms with Crippen molar-refractivity contribution in [1.82, 2.24) is 0 Å². The van der Waals surface area contributed by atoms with Crippen molar-refractivity contribution in [1.29, 1.82) is 0 Å². The van der Waals surface area contributed by atoms with Crippen LogP contribution in [0, 0.1) is 5.92 Å². The molecule has 3 aliphatic rings. The molecule has 4 rings (SSSR count). The molecule has 2 aliphatic carbocycles. The normalized spacial score (nSPS) is 28.2. The molecule has 120 valence electrons. The maximum atomic E-state index is 12.8. The first-order valence-corrected chi connectivity index (χ1v) is 8.14. The number of benzene rings is 1. The van der Waals surface area contributed by atoms with E-state index >= 15 is 0 Å². The number of hydrogen-bond acceptors (Lipinski definition) is 4. The molecule has 0 aromatic heterocycles. The molecule has 0 radical (unpaired) electrons. The second-order valence-electron chi connectivity index (χ2n) is 7.40. The van der Waals surface area contributed by atoms with E-state index in [1.807, 2.05) is 32.9 Å². The van der Waals surface area contributed by atoms with Crippen LogP contribution in [0.3, 0.4) is 0 Å². The Morgan fingerprint density at radius 3 is 2.70 bits per heavy atom. The zero-order valence-corrected chi connectivity index (χ0v) is 13.6. The number of rotatable bonds is 0. The van der Waals surface area contributed by atoms with Crippen molar-refractivity contribution >= 4 is 17.3 Å². The van der Waals surface area contributed by atoms with Crippen LogP contribution in [-0.4, -0.2) is 29.4 Å². The van der Waals surface area contributed by atoms with Gasteiger partial charge < -0.3 is 9.84 Å². The lowest BCUT2D eigenvalue weighted by Crippen LogP contribution is -2.40. The summed E-state index contributed by atoms with van der Waals surface area (Å²) in [6.45, 7) is 6.33. The summed E-state index contributed by atoms with van der Waals surface area (Å²) in [6, 6.07) is 3.86. The van der Waals surface area contributed by atoms with Crippen molar-refractivity contribution < 1.29 is 19.4 Å². The van der Waals surface area contributed by atoms with Crippen LogP contribution in [0.4, 0.5) is 0 Å². The Morgan fingerprint density at radius 1 is 1.22 bits per heavy atom. The minimum Gasteiger partial charge on any atom is -0.492 e. The molecule has 0 saturated heterocycles. The number of aliphatic hydroxyl groups excluding tert-OH is 1. The van der Waals surface area contributed by atoms with E-state index in [-0.39, 0.29) is 5.92 Å². The molecule has 4 nitrogen and oxygen atoms in total. The molecule has 0 saturated carbocycles. The standard InChI is InChI=1S/C19H20O4/c1-9-8-23-18-11-4-6-12-10(5-7-13(20)19(12,2)3)15(11)17(22)16(21)14(9)18/h4,6,9,13,20H,5,7-8H2,1-3H3. The summed E-state index contributed by atoms with van der Waals surface area (Å²) in [6.07, 6.45) is 0.765. The Labute approximate surface area is 135 Å². The third-order valence-electron chi connectivity index (χ3n) is 5.65. The van der Waals surface area contributed by atoms with Crippen molar-refractivity contribution in [3.05, 3.63) is 40.0 Å². The minimum atomic E-state index is -0.444. The van der Waals surface area contributed by atoms with Crippen molar-refractivity contribution in [2.24, 2.45) is 5.92 Å². The topological polar surface area (TPSA) is 63.6 Å². The smallest absolute Gasteiger partial charge is 0.234 e. The molecule has 1 aromatic rings. The fourth-order valence-electron chi connectivity index (χ4n) is 4.16. The Hall–Kier alpha value is -1.94. The first kappa shape index (κ1) is 14.6. The predicted molar refractivity (Wildman–Crippen MR) is 85.2 cm³/mol. The zero-order chi connectivity index (χ0) is 16.5. The number of Topliss-reactive ketones (excluding diaryl/α,β-unsaturated/α-hetero) is 2. The molecule has 1 N–H and O–H groups in total. The van der Waals surface area contributed by atoms with E-state index in [1.165, 1.54) is 0 Å². The highest BCUT2D eigenvalue weighted by Gasteiger charge is 2.44. The van der Waals surface area contributed by atoms with Crippen LogP contribution in [0.1, 0.15) is 54.2 Å². The molecule has 0 fully saturated rings. The molecule has 2 atom stereocenters. The van der Waals surface area contributed by atoms with E-state index < -0.39 is 23.1 Å². The number of aliphatic hydroxyl groups is 1. The Morgan fingerprint density at radius 2 is 1.96 bits per heavy atom. The molecule has 1 aliphatic heterocycles. The van der Waals surface area contributed by atoms with Gasteiger partial charge in [0.1, 0.15) is 5.76 Å². The van der Waals surface area contributed by atoms with E-state index in [0.717, 1.165) is 16.7 Å². The van der Waals surface area contributed by atoms with Gasteiger partial charge in [-0.05, 0) is 24.0 Å². The molecule has 1 aromatic carbocycles. The quantitative estimate of drug-likeness (QED) is 0.747. The summed E-state index contributed by atoms with van der Waals surface area (Å²) < 4.78 is 5.74. The fraction of sp³-hybridized carbons (Fsp3) is 0.474. The van der Waals surface area contributed by atoms with E-state index in [2.05, 4.69) is 0 Å². The molecular formula is C19H20O4. The highest BCUT2D eigenvalue weighted by Crippen LogP contribution is 2.45. The predicted octanol–water partition coefficient (Wildman–Crippen LogP) is 2.41. The van der Waals surface area contributed by atoms with Gasteiger partial charge in [-0.2, -0.15) is 0 Å². The van der Waals surface area contributed by atoms with E-state index in [4.69, 9.17) is 4.74 Å². The van der Waals surface area contributed by atoms with Gasteiger partial charge in [0, 0.05) is 22.5 Å². The summed E-state index contributed by atoms with van der Waals surface area (Å²) in [7, 11) is 0. The molecule has 23 heavy (non-hydrogen) atoms. The average molecular weight is 312 g/mol. The minimum absolute atomic E-state index is 0.0381.